The van der Waals surface area contributed by atoms with Gasteiger partial charge in [0.15, 0.2) is 0 Å². The first kappa shape index (κ1) is 14.5. The Kier molecular flexibility index (Phi) is 3.71. The van der Waals surface area contributed by atoms with Gasteiger partial charge in [-0.3, -0.25) is 4.57 Å². The summed E-state index contributed by atoms with van der Waals surface area (Å²) in [6.07, 6.45) is 0. The summed E-state index contributed by atoms with van der Waals surface area (Å²) in [5.74, 6) is -0.579. The number of rotatable bonds is 2. The predicted molar refractivity (Wildman–Crippen MR) is 83.0 cm³/mol. The smallest absolute Gasteiger partial charge is 0.147 e. The van der Waals surface area contributed by atoms with Gasteiger partial charge in [0.2, 0.25) is 0 Å². The number of hydrogen-bond acceptors (Lipinski definition) is 1. The van der Waals surface area contributed by atoms with Crippen molar-refractivity contribution in [3.63, 3.8) is 0 Å². The van der Waals surface area contributed by atoms with E-state index in [2.05, 4.69) is 20.9 Å². The molecule has 0 amide bonds. The maximum atomic E-state index is 14.1. The molecule has 3 rings (SSSR count). The van der Waals surface area contributed by atoms with Crippen molar-refractivity contribution in [2.45, 2.75) is 12.3 Å². The zero-order valence-electron chi connectivity index (χ0n) is 10.9. The van der Waals surface area contributed by atoms with Crippen LogP contribution in [-0.2, 0) is 0 Å². The minimum Gasteiger partial charge on any atom is -0.292 e. The van der Waals surface area contributed by atoms with E-state index in [4.69, 9.17) is 11.6 Å². The van der Waals surface area contributed by atoms with Crippen LogP contribution in [0, 0.1) is 11.6 Å². The van der Waals surface area contributed by atoms with Crippen molar-refractivity contribution in [3.05, 3.63) is 58.3 Å². The highest BCUT2D eigenvalue weighted by molar-refractivity contribution is 9.10. The molecule has 0 bridgehead atoms. The fraction of sp³-hybridized carbons (Fsp3) is 0.133. The summed E-state index contributed by atoms with van der Waals surface area (Å²) in [6.45, 7) is 1.74. The largest absolute Gasteiger partial charge is 0.292 e. The first-order valence-corrected chi connectivity index (χ1v) is 7.47. The molecule has 0 aliphatic carbocycles. The molecule has 1 unspecified atom stereocenters. The third kappa shape index (κ3) is 2.56. The number of hydrogen-bond donors (Lipinski definition) is 0. The van der Waals surface area contributed by atoms with Crippen molar-refractivity contribution in [1.29, 1.82) is 0 Å². The van der Waals surface area contributed by atoms with Gasteiger partial charge in [-0.05, 0) is 37.3 Å². The van der Waals surface area contributed by atoms with Crippen LogP contribution in [0.4, 0.5) is 8.78 Å². The van der Waals surface area contributed by atoms with E-state index in [9.17, 15) is 8.78 Å². The lowest BCUT2D eigenvalue weighted by Crippen LogP contribution is -2.04. The summed E-state index contributed by atoms with van der Waals surface area (Å²) >= 11 is 9.52. The third-order valence-electron chi connectivity index (χ3n) is 3.15. The molecule has 0 fully saturated rings. The number of alkyl halides is 1. The molecule has 21 heavy (non-hydrogen) atoms. The van der Waals surface area contributed by atoms with Gasteiger partial charge in [0.05, 0.1) is 22.1 Å². The predicted octanol–water partition coefficient (Wildman–Crippen LogP) is 5.37. The van der Waals surface area contributed by atoms with E-state index in [1.54, 1.807) is 17.6 Å². The maximum Gasteiger partial charge on any atom is 0.147 e. The Balaban J connectivity index is 2.39. The lowest BCUT2D eigenvalue weighted by atomic mass is 10.2. The molecule has 2 nitrogen and oxygen atoms in total. The number of imidazole rings is 1. The molecular weight excluding hydrogens is 362 g/mol. The summed E-state index contributed by atoms with van der Waals surface area (Å²) in [6, 6.07) is 8.74. The van der Waals surface area contributed by atoms with Gasteiger partial charge in [-0.2, -0.15) is 0 Å². The Morgan fingerprint density at radius 3 is 2.67 bits per heavy atom. The van der Waals surface area contributed by atoms with Gasteiger partial charge in [-0.25, -0.2) is 13.8 Å². The monoisotopic (exact) mass is 370 g/mol. The fourth-order valence-corrected chi connectivity index (χ4v) is 2.74. The van der Waals surface area contributed by atoms with Crippen molar-refractivity contribution in [2.24, 2.45) is 0 Å². The van der Waals surface area contributed by atoms with Crippen LogP contribution in [0.5, 0.6) is 0 Å². The summed E-state index contributed by atoms with van der Waals surface area (Å²) in [5.41, 5.74) is 1.43. The Hall–Kier alpha value is -1.46. The molecule has 0 saturated carbocycles. The summed E-state index contributed by atoms with van der Waals surface area (Å²) in [4.78, 5) is 4.43. The second kappa shape index (κ2) is 5.39. The van der Waals surface area contributed by atoms with Gasteiger partial charge in [0.25, 0.3) is 0 Å². The van der Waals surface area contributed by atoms with Crippen LogP contribution < -0.4 is 0 Å². The Morgan fingerprint density at radius 2 is 1.95 bits per heavy atom. The van der Waals surface area contributed by atoms with Crippen molar-refractivity contribution in [1.82, 2.24) is 9.55 Å². The number of nitrogens with zero attached hydrogens (tertiary/aromatic N) is 2. The average Bonchev–Trinajstić information content (AvgIpc) is 2.80. The molecule has 0 radical (unpaired) electrons. The highest BCUT2D eigenvalue weighted by Gasteiger charge is 2.19. The average molecular weight is 372 g/mol. The first-order valence-electron chi connectivity index (χ1n) is 6.25. The zero-order valence-corrected chi connectivity index (χ0v) is 13.3. The van der Waals surface area contributed by atoms with Crippen LogP contribution in [0.3, 0.4) is 0 Å². The van der Waals surface area contributed by atoms with Crippen molar-refractivity contribution in [2.75, 3.05) is 0 Å². The van der Waals surface area contributed by atoms with Crippen molar-refractivity contribution >= 4 is 38.6 Å². The SMILES string of the molecule is CC(Cl)c1nc2cc(Br)ccc2n1-c1cc(F)ccc1F. The molecular formula is C15H10BrClF2N2. The third-order valence-corrected chi connectivity index (χ3v) is 3.84. The molecule has 6 heteroatoms. The summed E-state index contributed by atoms with van der Waals surface area (Å²) in [5, 5.41) is -0.446. The Bertz CT molecular complexity index is 830. The van der Waals surface area contributed by atoms with Crippen molar-refractivity contribution < 1.29 is 8.78 Å². The lowest BCUT2D eigenvalue weighted by Gasteiger charge is -2.11. The molecule has 1 heterocycles. The highest BCUT2D eigenvalue weighted by Crippen LogP contribution is 2.30. The molecule has 0 aliphatic rings. The lowest BCUT2D eigenvalue weighted by molar-refractivity contribution is 0.591. The molecule has 0 N–H and O–H groups in total. The summed E-state index contributed by atoms with van der Waals surface area (Å²) in [7, 11) is 0. The van der Waals surface area contributed by atoms with E-state index >= 15 is 0 Å². The van der Waals surface area contributed by atoms with Crippen LogP contribution in [0.2, 0.25) is 0 Å². The van der Waals surface area contributed by atoms with E-state index < -0.39 is 17.0 Å². The van der Waals surface area contributed by atoms with Crippen LogP contribution in [0.1, 0.15) is 18.1 Å². The molecule has 108 valence electrons. The van der Waals surface area contributed by atoms with E-state index in [1.165, 1.54) is 0 Å². The number of halogens is 4. The quantitative estimate of drug-likeness (QED) is 0.554. The molecule has 0 aliphatic heterocycles. The maximum absolute atomic E-state index is 14.1. The number of benzene rings is 2. The Labute approximate surface area is 133 Å². The van der Waals surface area contributed by atoms with Crippen LogP contribution >= 0.6 is 27.5 Å². The normalized spacial score (nSPS) is 12.8. The molecule has 0 saturated heterocycles. The minimum atomic E-state index is -0.530. The van der Waals surface area contributed by atoms with Crippen LogP contribution in [-0.4, -0.2) is 9.55 Å². The highest BCUT2D eigenvalue weighted by atomic mass is 79.9. The standard InChI is InChI=1S/C15H10BrClF2N2/c1-8(17)15-20-12-6-9(16)2-5-13(12)21(15)14-7-10(18)3-4-11(14)19/h2-8H,1H3. The molecule has 1 atom stereocenters. The van der Waals surface area contributed by atoms with Gasteiger partial charge in [-0.1, -0.05) is 15.9 Å². The second-order valence-electron chi connectivity index (χ2n) is 4.65. The second-order valence-corrected chi connectivity index (χ2v) is 6.22. The molecule has 2 aromatic carbocycles. The van der Waals surface area contributed by atoms with E-state index in [1.807, 2.05) is 12.1 Å². The number of fused-ring (bicyclic) bond motifs is 1. The Morgan fingerprint density at radius 1 is 1.19 bits per heavy atom. The van der Waals surface area contributed by atoms with Gasteiger partial charge in [0, 0.05) is 10.5 Å². The van der Waals surface area contributed by atoms with Gasteiger partial charge < -0.3 is 0 Å². The summed E-state index contributed by atoms with van der Waals surface area (Å²) < 4.78 is 30.0. The van der Waals surface area contributed by atoms with E-state index in [0.717, 1.165) is 22.7 Å². The first-order chi connectivity index (χ1) is 9.97. The molecule has 0 spiro atoms. The zero-order chi connectivity index (χ0) is 15.1. The fourth-order valence-electron chi connectivity index (χ4n) is 2.25. The molecule has 3 aromatic rings. The number of aromatic nitrogens is 2. The van der Waals surface area contributed by atoms with Gasteiger partial charge in [0.1, 0.15) is 17.5 Å². The van der Waals surface area contributed by atoms with E-state index in [0.29, 0.717) is 16.9 Å². The topological polar surface area (TPSA) is 17.8 Å². The minimum absolute atomic E-state index is 0.0994. The van der Waals surface area contributed by atoms with Gasteiger partial charge >= 0.3 is 0 Å². The van der Waals surface area contributed by atoms with Crippen LogP contribution in [0.15, 0.2) is 40.9 Å². The van der Waals surface area contributed by atoms with Gasteiger partial charge in [-0.15, -0.1) is 11.6 Å². The van der Waals surface area contributed by atoms with E-state index in [-0.39, 0.29) is 5.69 Å². The molecule has 1 aromatic heterocycles. The van der Waals surface area contributed by atoms with Crippen LogP contribution in [0.25, 0.3) is 16.7 Å². The van der Waals surface area contributed by atoms with Crippen molar-refractivity contribution in [3.8, 4) is 5.69 Å².